The van der Waals surface area contributed by atoms with Gasteiger partial charge in [-0.2, -0.15) is 5.26 Å². The Balaban J connectivity index is 2.04. The maximum absolute atomic E-state index is 14.2. The lowest BCUT2D eigenvalue weighted by molar-refractivity contribution is -0.119. The summed E-state index contributed by atoms with van der Waals surface area (Å²) in [5.41, 5.74) is 5.31. The van der Waals surface area contributed by atoms with E-state index in [4.69, 9.17) is 26.8 Å². The number of carbonyl (C=O) groups is 2. The van der Waals surface area contributed by atoms with Gasteiger partial charge in [0, 0.05) is 48.0 Å². The van der Waals surface area contributed by atoms with Crippen molar-refractivity contribution in [2.24, 2.45) is 5.73 Å². The van der Waals surface area contributed by atoms with Crippen LogP contribution in [-0.2, 0) is 9.53 Å². The lowest BCUT2D eigenvalue weighted by Gasteiger charge is -2.21. The first-order valence-corrected chi connectivity index (χ1v) is 11.0. The van der Waals surface area contributed by atoms with Gasteiger partial charge in [0.05, 0.1) is 30.5 Å². The number of primary amides is 1. The molecule has 0 saturated heterocycles. The first-order chi connectivity index (χ1) is 17.2. The highest BCUT2D eigenvalue weighted by Crippen LogP contribution is 2.33. The number of halogens is 2. The molecule has 1 unspecified atom stereocenters. The van der Waals surface area contributed by atoms with E-state index < -0.39 is 29.2 Å². The predicted octanol–water partition coefficient (Wildman–Crippen LogP) is 3.50. The van der Waals surface area contributed by atoms with Gasteiger partial charge in [-0.15, -0.1) is 0 Å². The second kappa shape index (κ2) is 11.5. The van der Waals surface area contributed by atoms with Gasteiger partial charge >= 0.3 is 0 Å². The number of nitrogens with zero attached hydrogens (tertiary/aromatic N) is 2. The fourth-order valence-corrected chi connectivity index (χ4v) is 3.80. The number of carbonyl (C=O) groups excluding carboxylic acids is 2. The van der Waals surface area contributed by atoms with Crippen molar-refractivity contribution in [1.29, 1.82) is 5.26 Å². The van der Waals surface area contributed by atoms with Crippen LogP contribution in [0.15, 0.2) is 53.5 Å². The molecular weight excluding hydrogens is 491 g/mol. The van der Waals surface area contributed by atoms with E-state index >= 15 is 0 Å². The Morgan fingerprint density at radius 1 is 1.19 bits per heavy atom. The van der Waals surface area contributed by atoms with Crippen LogP contribution in [-0.4, -0.2) is 37.2 Å². The van der Waals surface area contributed by atoms with Gasteiger partial charge in [0.15, 0.2) is 0 Å². The summed E-state index contributed by atoms with van der Waals surface area (Å²) in [6.07, 6.45) is 1.46. The van der Waals surface area contributed by atoms with Crippen molar-refractivity contribution in [3.8, 4) is 22.9 Å². The topological polar surface area (TPSA) is 136 Å². The van der Waals surface area contributed by atoms with E-state index in [2.05, 4.69) is 11.4 Å². The summed E-state index contributed by atoms with van der Waals surface area (Å²) in [5.74, 6) is -2.25. The number of rotatable bonds is 9. The van der Waals surface area contributed by atoms with E-state index in [-0.39, 0.29) is 35.6 Å². The SMILES string of the molecule is COCCC(C(=O)Nc1ccc(C(N)=O)c(F)c1)n1cc(OC)c(-c2cc(Cl)ccc2C#N)cc1=O. The van der Waals surface area contributed by atoms with E-state index in [1.807, 2.05) is 0 Å². The molecular formula is C25H22ClFN4O5. The average molecular weight is 513 g/mol. The Hall–Kier alpha value is -4.20. The van der Waals surface area contributed by atoms with Gasteiger partial charge in [-0.1, -0.05) is 11.6 Å². The van der Waals surface area contributed by atoms with E-state index in [0.717, 1.165) is 12.1 Å². The van der Waals surface area contributed by atoms with Crippen LogP contribution in [0.4, 0.5) is 10.1 Å². The second-order valence-electron chi connectivity index (χ2n) is 7.65. The number of aromatic nitrogens is 1. The molecule has 0 radical (unpaired) electrons. The third-order valence-electron chi connectivity index (χ3n) is 5.39. The molecule has 9 nitrogen and oxygen atoms in total. The van der Waals surface area contributed by atoms with Gasteiger partial charge < -0.3 is 20.5 Å². The number of benzene rings is 2. The smallest absolute Gasteiger partial charge is 0.252 e. The Labute approximate surface area is 210 Å². The van der Waals surface area contributed by atoms with Crippen LogP contribution in [0, 0.1) is 17.1 Å². The molecule has 1 heterocycles. The molecule has 3 rings (SSSR count). The van der Waals surface area contributed by atoms with Crippen LogP contribution in [0.2, 0.25) is 5.02 Å². The normalized spacial score (nSPS) is 11.4. The molecule has 2 amide bonds. The highest BCUT2D eigenvalue weighted by molar-refractivity contribution is 6.31. The number of nitriles is 1. The number of anilines is 1. The highest BCUT2D eigenvalue weighted by atomic mass is 35.5. The quantitative estimate of drug-likeness (QED) is 0.450. The van der Waals surface area contributed by atoms with Crippen molar-refractivity contribution in [2.45, 2.75) is 12.5 Å². The summed E-state index contributed by atoms with van der Waals surface area (Å²) in [6, 6.07) is 10.3. The second-order valence-corrected chi connectivity index (χ2v) is 8.08. The molecule has 36 heavy (non-hydrogen) atoms. The lowest BCUT2D eigenvalue weighted by Crippen LogP contribution is -2.34. The number of hydrogen-bond donors (Lipinski definition) is 2. The van der Waals surface area contributed by atoms with Crippen LogP contribution >= 0.6 is 11.6 Å². The molecule has 3 N–H and O–H groups in total. The summed E-state index contributed by atoms with van der Waals surface area (Å²) < 4.78 is 25.9. The summed E-state index contributed by atoms with van der Waals surface area (Å²) in [5, 5.41) is 12.4. The largest absolute Gasteiger partial charge is 0.495 e. The minimum atomic E-state index is -1.06. The molecule has 0 bridgehead atoms. The van der Waals surface area contributed by atoms with Crippen LogP contribution in [0.25, 0.3) is 11.1 Å². The summed E-state index contributed by atoms with van der Waals surface area (Å²) in [6.45, 7) is 0.135. The maximum Gasteiger partial charge on any atom is 0.252 e. The Kier molecular flexibility index (Phi) is 8.42. The molecule has 0 aliphatic rings. The number of amides is 2. The third-order valence-corrected chi connectivity index (χ3v) is 5.63. The zero-order chi connectivity index (χ0) is 26.4. The van der Waals surface area contributed by atoms with Crippen LogP contribution in [0.1, 0.15) is 28.4 Å². The van der Waals surface area contributed by atoms with Crippen LogP contribution < -0.4 is 21.3 Å². The number of hydrogen-bond acceptors (Lipinski definition) is 6. The number of nitrogens with two attached hydrogens (primary N) is 1. The zero-order valence-electron chi connectivity index (χ0n) is 19.4. The van der Waals surface area contributed by atoms with Gasteiger partial charge in [-0.3, -0.25) is 19.0 Å². The molecule has 0 fully saturated rings. The van der Waals surface area contributed by atoms with Crippen molar-refractivity contribution >= 4 is 29.1 Å². The van der Waals surface area contributed by atoms with Crippen molar-refractivity contribution in [1.82, 2.24) is 4.57 Å². The van der Waals surface area contributed by atoms with Gasteiger partial charge in [0.25, 0.3) is 11.5 Å². The fraction of sp³-hybridized carbons (Fsp3) is 0.200. The number of methoxy groups -OCH3 is 2. The molecule has 0 saturated carbocycles. The van der Waals surface area contributed by atoms with Crippen LogP contribution in [0.3, 0.4) is 0 Å². The fourth-order valence-electron chi connectivity index (χ4n) is 3.63. The summed E-state index contributed by atoms with van der Waals surface area (Å²) in [4.78, 5) is 37.6. The van der Waals surface area contributed by atoms with Crippen molar-refractivity contribution in [3.63, 3.8) is 0 Å². The standard InChI is InChI=1S/C25H22ClFN4O5/c1-35-8-7-21(25(34)30-16-5-6-17(24(29)33)20(27)10-16)31-13-22(36-2)19(11-23(31)32)18-9-15(26)4-3-14(18)12-28/h3-6,9-11,13,21H,7-8H2,1-2H3,(H2,29,33)(H,30,34). The lowest BCUT2D eigenvalue weighted by atomic mass is 10.00. The molecule has 0 aliphatic carbocycles. The first-order valence-electron chi connectivity index (χ1n) is 10.6. The molecule has 186 valence electrons. The highest BCUT2D eigenvalue weighted by Gasteiger charge is 2.24. The molecule has 1 aromatic heterocycles. The molecule has 0 aliphatic heterocycles. The van der Waals surface area contributed by atoms with Crippen molar-refractivity contribution < 1.29 is 23.5 Å². The Morgan fingerprint density at radius 3 is 2.56 bits per heavy atom. The number of pyridine rings is 1. The van der Waals surface area contributed by atoms with Gasteiger partial charge in [-0.05, 0) is 36.4 Å². The van der Waals surface area contributed by atoms with Gasteiger partial charge in [-0.25, -0.2) is 4.39 Å². The maximum atomic E-state index is 14.2. The first kappa shape index (κ1) is 26.4. The number of nitrogens with one attached hydrogen (secondary N) is 1. The van der Waals surface area contributed by atoms with E-state index in [1.54, 1.807) is 12.1 Å². The molecule has 3 aromatic rings. The van der Waals surface area contributed by atoms with Gasteiger partial charge in [0.2, 0.25) is 5.91 Å². The summed E-state index contributed by atoms with van der Waals surface area (Å²) in [7, 11) is 2.83. The minimum Gasteiger partial charge on any atom is -0.495 e. The van der Waals surface area contributed by atoms with Gasteiger partial charge in [0.1, 0.15) is 17.6 Å². The average Bonchev–Trinajstić information content (AvgIpc) is 2.84. The summed E-state index contributed by atoms with van der Waals surface area (Å²) >= 11 is 6.10. The predicted molar refractivity (Wildman–Crippen MR) is 131 cm³/mol. The Morgan fingerprint density at radius 2 is 1.94 bits per heavy atom. The molecule has 2 aromatic carbocycles. The van der Waals surface area contributed by atoms with E-state index in [9.17, 15) is 24.0 Å². The van der Waals surface area contributed by atoms with Crippen molar-refractivity contribution in [3.05, 3.63) is 81.0 Å². The molecule has 11 heteroatoms. The third kappa shape index (κ3) is 5.71. The van der Waals surface area contributed by atoms with E-state index in [0.29, 0.717) is 16.1 Å². The van der Waals surface area contributed by atoms with Crippen molar-refractivity contribution in [2.75, 3.05) is 26.1 Å². The molecule has 0 spiro atoms. The monoisotopic (exact) mass is 512 g/mol. The minimum absolute atomic E-state index is 0.0686. The van der Waals surface area contributed by atoms with E-state index in [1.165, 1.54) is 43.2 Å². The molecule has 1 atom stereocenters. The number of ether oxygens (including phenoxy) is 2. The van der Waals surface area contributed by atoms with Crippen LogP contribution in [0.5, 0.6) is 5.75 Å². The zero-order valence-corrected chi connectivity index (χ0v) is 20.1. The Bertz CT molecular complexity index is 1420.